The molecule has 7 heteroatoms. The van der Waals surface area contributed by atoms with Crippen molar-refractivity contribution in [2.75, 3.05) is 11.9 Å². The fraction of sp³-hybridized carbons (Fsp3) is 0.545. The van der Waals surface area contributed by atoms with E-state index in [2.05, 4.69) is 20.5 Å². The summed E-state index contributed by atoms with van der Waals surface area (Å²) in [5.74, 6) is 1.98. The summed E-state index contributed by atoms with van der Waals surface area (Å²) in [5, 5.41) is 9.69. The third-order valence-corrected chi connectivity index (χ3v) is 3.35. The van der Waals surface area contributed by atoms with Gasteiger partial charge in [-0.05, 0) is 25.7 Å². The molecule has 96 valence electrons. The van der Waals surface area contributed by atoms with Crippen LogP contribution in [-0.2, 0) is 0 Å². The van der Waals surface area contributed by atoms with Gasteiger partial charge in [0.05, 0.1) is 0 Å². The number of rotatable bonds is 4. The normalized spacial score (nSPS) is 17.0. The number of aromatic amines is 1. The highest BCUT2D eigenvalue weighted by atomic mass is 16.1. The molecule has 4 N–H and O–H groups in total. The molecule has 0 bridgehead atoms. The number of aryl methyl sites for hydroxylation is 1. The monoisotopic (exact) mass is 248 g/mol. The fourth-order valence-corrected chi connectivity index (χ4v) is 2.23. The van der Waals surface area contributed by atoms with Crippen LogP contribution in [0.2, 0.25) is 0 Å². The van der Waals surface area contributed by atoms with E-state index in [1.807, 2.05) is 0 Å². The van der Waals surface area contributed by atoms with Gasteiger partial charge in [-0.15, -0.1) is 0 Å². The van der Waals surface area contributed by atoms with Gasteiger partial charge in [0.2, 0.25) is 0 Å². The maximum absolute atomic E-state index is 11.5. The second-order valence-electron chi connectivity index (χ2n) is 4.73. The van der Waals surface area contributed by atoms with Crippen LogP contribution in [0, 0.1) is 12.8 Å². The van der Waals surface area contributed by atoms with E-state index in [0.717, 1.165) is 5.82 Å². The molecule has 7 nitrogen and oxygen atoms in total. The quantitative estimate of drug-likeness (QED) is 0.700. The number of H-pyrrole nitrogens is 1. The second kappa shape index (κ2) is 4.09. The highest BCUT2D eigenvalue weighted by Gasteiger charge is 2.30. The van der Waals surface area contributed by atoms with E-state index < -0.39 is 0 Å². The minimum Gasteiger partial charge on any atom is -0.366 e. The summed E-state index contributed by atoms with van der Waals surface area (Å²) in [6.07, 6.45) is 2.44. The smallest absolute Gasteiger partial charge is 0.349 e. The Balaban J connectivity index is 1.94. The number of hydrogen-bond donors (Lipinski definition) is 3. The lowest BCUT2D eigenvalue weighted by atomic mass is 10.2. The van der Waals surface area contributed by atoms with Crippen LogP contribution >= 0.6 is 0 Å². The van der Waals surface area contributed by atoms with Gasteiger partial charge >= 0.3 is 5.69 Å². The van der Waals surface area contributed by atoms with Crippen LogP contribution in [-0.4, -0.2) is 32.2 Å². The first-order valence-electron chi connectivity index (χ1n) is 6.10. The van der Waals surface area contributed by atoms with Crippen LogP contribution in [0.1, 0.15) is 18.7 Å². The molecule has 0 saturated heterocycles. The van der Waals surface area contributed by atoms with Gasteiger partial charge in [-0.2, -0.15) is 5.10 Å². The minimum atomic E-state index is -0.265. The largest absolute Gasteiger partial charge is 0.366 e. The van der Waals surface area contributed by atoms with Gasteiger partial charge in [0.25, 0.3) is 0 Å². The molecule has 0 spiro atoms. The van der Waals surface area contributed by atoms with E-state index in [-0.39, 0.29) is 11.7 Å². The summed E-state index contributed by atoms with van der Waals surface area (Å²) < 4.78 is 1.44. The summed E-state index contributed by atoms with van der Waals surface area (Å²) in [4.78, 5) is 15.8. The number of nitrogens with one attached hydrogen (secondary N) is 2. The van der Waals surface area contributed by atoms with Gasteiger partial charge in [0.1, 0.15) is 11.6 Å². The Morgan fingerprint density at radius 3 is 3.11 bits per heavy atom. The molecule has 2 aromatic heterocycles. The van der Waals surface area contributed by atoms with Crippen molar-refractivity contribution in [3.8, 4) is 0 Å². The van der Waals surface area contributed by atoms with Crippen molar-refractivity contribution in [2.24, 2.45) is 11.7 Å². The Labute approximate surface area is 103 Å². The molecular formula is C11H16N6O. The fourth-order valence-electron chi connectivity index (χ4n) is 2.23. The Morgan fingerprint density at radius 1 is 1.67 bits per heavy atom. The number of aromatic nitrogens is 4. The number of nitrogens with zero attached hydrogens (tertiary/aromatic N) is 3. The zero-order chi connectivity index (χ0) is 12.7. The first-order valence-corrected chi connectivity index (χ1v) is 6.10. The van der Waals surface area contributed by atoms with Crippen LogP contribution in [0.4, 0.5) is 5.82 Å². The molecule has 1 saturated carbocycles. The Kier molecular flexibility index (Phi) is 2.55. The minimum absolute atomic E-state index is 0.255. The Morgan fingerprint density at radius 2 is 2.44 bits per heavy atom. The van der Waals surface area contributed by atoms with Gasteiger partial charge in [0, 0.05) is 18.7 Å². The molecule has 0 aromatic carbocycles. The van der Waals surface area contributed by atoms with Crippen LogP contribution < -0.4 is 16.7 Å². The maximum Gasteiger partial charge on any atom is 0.349 e. The van der Waals surface area contributed by atoms with Gasteiger partial charge in [-0.25, -0.2) is 19.3 Å². The zero-order valence-electron chi connectivity index (χ0n) is 10.2. The number of nitrogens with two attached hydrogens (primary N) is 1. The van der Waals surface area contributed by atoms with Crippen molar-refractivity contribution in [2.45, 2.75) is 25.8 Å². The molecule has 1 unspecified atom stereocenters. The Bertz CT molecular complexity index is 626. The van der Waals surface area contributed by atoms with Gasteiger partial charge < -0.3 is 11.1 Å². The van der Waals surface area contributed by atoms with Crippen molar-refractivity contribution >= 4 is 11.5 Å². The summed E-state index contributed by atoms with van der Waals surface area (Å²) in [6, 6.07) is 2.01. The highest BCUT2D eigenvalue weighted by molar-refractivity contribution is 5.50. The maximum atomic E-state index is 11.5. The number of fused-ring (bicyclic) bond motifs is 1. The SMILES string of the molecule is Cc1nc(NC(CN)C2CC2)cc2n[nH]c(=O)n12. The van der Waals surface area contributed by atoms with Gasteiger partial charge in [-0.3, -0.25) is 0 Å². The molecule has 1 aliphatic rings. The van der Waals surface area contributed by atoms with Crippen LogP contribution in [0.3, 0.4) is 0 Å². The van der Waals surface area contributed by atoms with E-state index in [0.29, 0.717) is 23.9 Å². The lowest BCUT2D eigenvalue weighted by molar-refractivity contribution is 0.641. The summed E-state index contributed by atoms with van der Waals surface area (Å²) in [7, 11) is 0. The Hall–Kier alpha value is -1.89. The molecule has 0 aliphatic heterocycles. The average molecular weight is 248 g/mol. The van der Waals surface area contributed by atoms with E-state index in [4.69, 9.17) is 5.73 Å². The third-order valence-electron chi connectivity index (χ3n) is 3.35. The predicted molar refractivity (Wildman–Crippen MR) is 67.5 cm³/mol. The van der Waals surface area contributed by atoms with Crippen molar-refractivity contribution in [3.05, 3.63) is 22.4 Å². The van der Waals surface area contributed by atoms with Crippen LogP contribution in [0.15, 0.2) is 10.9 Å². The third kappa shape index (κ3) is 1.86. The standard InChI is InChI=1S/C11H16N6O/c1-6-13-9(14-8(5-12)7-2-3-7)4-10-15-16-11(18)17(6)10/h4,7-8,14H,2-3,5,12H2,1H3,(H,16,18). The first-order chi connectivity index (χ1) is 8.69. The summed E-state index contributed by atoms with van der Waals surface area (Å²) in [5.41, 5.74) is 6.06. The molecule has 0 amide bonds. The molecule has 1 fully saturated rings. The predicted octanol–water partition coefficient (Wildman–Crippen LogP) is -0.125. The van der Waals surface area contributed by atoms with Gasteiger partial charge in [-0.1, -0.05) is 0 Å². The summed E-state index contributed by atoms with van der Waals surface area (Å²) >= 11 is 0. The van der Waals surface area contributed by atoms with Crippen LogP contribution in [0.25, 0.3) is 5.65 Å². The number of anilines is 1. The van der Waals surface area contributed by atoms with E-state index in [9.17, 15) is 4.79 Å². The molecule has 2 aromatic rings. The molecule has 3 rings (SSSR count). The molecule has 0 radical (unpaired) electrons. The van der Waals surface area contributed by atoms with E-state index in [1.54, 1.807) is 13.0 Å². The topological polar surface area (TPSA) is 101 Å². The first kappa shape index (κ1) is 11.2. The molecule has 18 heavy (non-hydrogen) atoms. The lowest BCUT2D eigenvalue weighted by Crippen LogP contribution is -2.31. The number of hydrogen-bond acceptors (Lipinski definition) is 5. The summed E-state index contributed by atoms with van der Waals surface area (Å²) in [6.45, 7) is 2.37. The molecule has 1 atom stereocenters. The van der Waals surface area contributed by atoms with Crippen molar-refractivity contribution < 1.29 is 0 Å². The van der Waals surface area contributed by atoms with Gasteiger partial charge in [0.15, 0.2) is 5.65 Å². The van der Waals surface area contributed by atoms with Crippen molar-refractivity contribution in [1.82, 2.24) is 19.6 Å². The second-order valence-corrected chi connectivity index (χ2v) is 4.73. The van der Waals surface area contributed by atoms with E-state index >= 15 is 0 Å². The molecule has 1 aliphatic carbocycles. The van der Waals surface area contributed by atoms with Crippen LogP contribution in [0.5, 0.6) is 0 Å². The zero-order valence-corrected chi connectivity index (χ0v) is 10.2. The average Bonchev–Trinajstić information content (AvgIpc) is 3.11. The van der Waals surface area contributed by atoms with Crippen molar-refractivity contribution in [1.29, 1.82) is 0 Å². The molecule has 2 heterocycles. The highest BCUT2D eigenvalue weighted by Crippen LogP contribution is 2.33. The molecular weight excluding hydrogens is 232 g/mol. The van der Waals surface area contributed by atoms with E-state index in [1.165, 1.54) is 17.2 Å². The lowest BCUT2D eigenvalue weighted by Gasteiger charge is -2.16. The van der Waals surface area contributed by atoms with Crippen molar-refractivity contribution in [3.63, 3.8) is 0 Å².